The number of rotatable bonds is 8. The van der Waals surface area contributed by atoms with Crippen LogP contribution in [0, 0.1) is 0 Å². The minimum Gasteiger partial charge on any atom is -0.479 e. The number of hydrogen-bond donors (Lipinski definition) is 1. The van der Waals surface area contributed by atoms with Crippen molar-refractivity contribution in [1.29, 1.82) is 0 Å². The molecule has 6 nitrogen and oxygen atoms in total. The number of amides is 2. The maximum Gasteiger partial charge on any atom is 0.329 e. The largest absolute Gasteiger partial charge is 0.479 e. The van der Waals surface area contributed by atoms with Crippen LogP contribution in [0.2, 0.25) is 0 Å². The van der Waals surface area contributed by atoms with Gasteiger partial charge >= 0.3 is 12.0 Å². The van der Waals surface area contributed by atoms with Gasteiger partial charge in [0.05, 0.1) is 6.61 Å². The zero-order valence-corrected chi connectivity index (χ0v) is 13.4. The number of ether oxygens (including phenoxy) is 1. The standard InChI is InChI=1S/C15H28N2O4/c1-4-8-15(13(18)19)9-7-10-17(15)14(20)16(5-2)11-12-21-6-3/h4-12H2,1-3H3,(H,18,19). The molecule has 2 amide bonds. The minimum absolute atomic E-state index is 0.175. The molecule has 6 heteroatoms. The van der Waals surface area contributed by atoms with E-state index in [0.717, 1.165) is 12.8 Å². The Morgan fingerprint density at radius 1 is 1.33 bits per heavy atom. The van der Waals surface area contributed by atoms with Crippen LogP contribution in [0.1, 0.15) is 46.5 Å². The average Bonchev–Trinajstić information content (AvgIpc) is 2.88. The van der Waals surface area contributed by atoms with E-state index in [1.807, 2.05) is 20.8 Å². The smallest absolute Gasteiger partial charge is 0.329 e. The van der Waals surface area contributed by atoms with E-state index in [0.29, 0.717) is 45.7 Å². The number of aliphatic carboxylic acids is 1. The van der Waals surface area contributed by atoms with E-state index in [-0.39, 0.29) is 6.03 Å². The number of likely N-dealkylation sites (tertiary alicyclic amines) is 1. The Morgan fingerprint density at radius 3 is 2.57 bits per heavy atom. The van der Waals surface area contributed by atoms with Crippen molar-refractivity contribution in [1.82, 2.24) is 9.80 Å². The fourth-order valence-corrected chi connectivity index (χ4v) is 3.04. The van der Waals surface area contributed by atoms with Gasteiger partial charge in [0.15, 0.2) is 0 Å². The summed E-state index contributed by atoms with van der Waals surface area (Å²) in [6, 6.07) is -0.175. The Hall–Kier alpha value is -1.30. The molecular formula is C15H28N2O4. The van der Waals surface area contributed by atoms with Crippen molar-refractivity contribution in [3.63, 3.8) is 0 Å². The molecule has 1 saturated heterocycles. The highest BCUT2D eigenvalue weighted by atomic mass is 16.5. The first-order valence-corrected chi connectivity index (χ1v) is 7.91. The Balaban J connectivity index is 2.84. The summed E-state index contributed by atoms with van der Waals surface area (Å²) in [5, 5.41) is 9.65. The van der Waals surface area contributed by atoms with Gasteiger partial charge in [-0.25, -0.2) is 9.59 Å². The van der Waals surface area contributed by atoms with Crippen molar-refractivity contribution in [3.8, 4) is 0 Å². The molecule has 0 radical (unpaired) electrons. The van der Waals surface area contributed by atoms with Gasteiger partial charge in [0, 0.05) is 26.2 Å². The van der Waals surface area contributed by atoms with Crippen LogP contribution >= 0.6 is 0 Å². The number of likely N-dealkylation sites (N-methyl/N-ethyl adjacent to an activating group) is 1. The van der Waals surface area contributed by atoms with Crippen molar-refractivity contribution in [2.24, 2.45) is 0 Å². The van der Waals surface area contributed by atoms with Gasteiger partial charge in [-0.3, -0.25) is 0 Å². The van der Waals surface area contributed by atoms with Crippen molar-refractivity contribution in [2.75, 3.05) is 32.8 Å². The Labute approximate surface area is 127 Å². The normalized spacial score (nSPS) is 21.6. The number of carbonyl (C=O) groups excluding carboxylic acids is 1. The monoisotopic (exact) mass is 300 g/mol. The molecule has 1 heterocycles. The number of carboxylic acid groups (broad SMARTS) is 1. The molecule has 1 fully saturated rings. The van der Waals surface area contributed by atoms with Crippen LogP contribution in [0.25, 0.3) is 0 Å². The molecule has 0 spiro atoms. The van der Waals surface area contributed by atoms with Gasteiger partial charge in [-0.05, 0) is 33.1 Å². The average molecular weight is 300 g/mol. The first-order chi connectivity index (χ1) is 10.0. The van der Waals surface area contributed by atoms with Crippen molar-refractivity contribution < 1.29 is 19.4 Å². The maximum atomic E-state index is 12.7. The molecule has 1 unspecified atom stereocenters. The number of nitrogens with zero attached hydrogens (tertiary/aromatic N) is 2. The van der Waals surface area contributed by atoms with Crippen LogP contribution in [-0.4, -0.2) is 65.3 Å². The molecule has 1 aliphatic rings. The molecule has 1 atom stereocenters. The molecule has 1 rings (SSSR count). The van der Waals surface area contributed by atoms with E-state index < -0.39 is 11.5 Å². The quantitative estimate of drug-likeness (QED) is 0.698. The molecular weight excluding hydrogens is 272 g/mol. The molecule has 0 bridgehead atoms. The fraction of sp³-hybridized carbons (Fsp3) is 0.867. The molecule has 0 aromatic rings. The van der Waals surface area contributed by atoms with E-state index in [4.69, 9.17) is 4.74 Å². The summed E-state index contributed by atoms with van der Waals surface area (Å²) in [5.41, 5.74) is -1.02. The van der Waals surface area contributed by atoms with Crippen LogP contribution in [0.4, 0.5) is 4.79 Å². The summed E-state index contributed by atoms with van der Waals surface area (Å²) < 4.78 is 5.30. The fourth-order valence-electron chi connectivity index (χ4n) is 3.04. The third kappa shape index (κ3) is 3.87. The van der Waals surface area contributed by atoms with E-state index in [9.17, 15) is 14.7 Å². The number of carboxylic acids is 1. The van der Waals surface area contributed by atoms with E-state index >= 15 is 0 Å². The number of urea groups is 1. The number of carbonyl (C=O) groups is 2. The molecule has 1 aliphatic heterocycles. The topological polar surface area (TPSA) is 70.1 Å². The number of hydrogen-bond acceptors (Lipinski definition) is 3. The molecule has 0 aromatic heterocycles. The van der Waals surface area contributed by atoms with Gasteiger partial charge in [-0.2, -0.15) is 0 Å². The van der Waals surface area contributed by atoms with Gasteiger partial charge in [0.1, 0.15) is 5.54 Å². The lowest BCUT2D eigenvalue weighted by Gasteiger charge is -2.37. The third-order valence-corrected chi connectivity index (χ3v) is 4.14. The van der Waals surface area contributed by atoms with E-state index in [1.165, 1.54) is 0 Å². The lowest BCUT2D eigenvalue weighted by Crippen LogP contribution is -2.57. The highest BCUT2D eigenvalue weighted by molar-refractivity contribution is 5.87. The second-order valence-corrected chi connectivity index (χ2v) is 5.40. The third-order valence-electron chi connectivity index (χ3n) is 4.14. The molecule has 122 valence electrons. The maximum absolute atomic E-state index is 12.7. The van der Waals surface area contributed by atoms with E-state index in [2.05, 4.69) is 0 Å². The first-order valence-electron chi connectivity index (χ1n) is 7.91. The summed E-state index contributed by atoms with van der Waals surface area (Å²) in [6.07, 6.45) is 2.56. The molecule has 21 heavy (non-hydrogen) atoms. The SMILES string of the molecule is CCCC1(C(=O)O)CCCN1C(=O)N(CC)CCOCC. The zero-order valence-electron chi connectivity index (χ0n) is 13.4. The summed E-state index contributed by atoms with van der Waals surface area (Å²) in [4.78, 5) is 27.7. The summed E-state index contributed by atoms with van der Waals surface area (Å²) in [6.45, 7) is 8.46. The van der Waals surface area contributed by atoms with Gasteiger partial charge in [0.25, 0.3) is 0 Å². The highest BCUT2D eigenvalue weighted by Crippen LogP contribution is 2.34. The highest BCUT2D eigenvalue weighted by Gasteiger charge is 2.50. The molecule has 0 aromatic carbocycles. The van der Waals surface area contributed by atoms with Crippen molar-refractivity contribution in [3.05, 3.63) is 0 Å². The zero-order chi connectivity index (χ0) is 15.9. The van der Waals surface area contributed by atoms with Gasteiger partial charge in [-0.15, -0.1) is 0 Å². The van der Waals surface area contributed by atoms with Crippen LogP contribution < -0.4 is 0 Å². The molecule has 0 saturated carbocycles. The van der Waals surface area contributed by atoms with Crippen molar-refractivity contribution >= 4 is 12.0 Å². The Morgan fingerprint density at radius 2 is 2.05 bits per heavy atom. The Bertz CT molecular complexity index is 362. The van der Waals surface area contributed by atoms with Crippen LogP contribution in [0.3, 0.4) is 0 Å². The van der Waals surface area contributed by atoms with Gasteiger partial charge < -0.3 is 19.6 Å². The Kier molecular flexibility index (Phi) is 6.95. The van der Waals surface area contributed by atoms with Crippen LogP contribution in [0.15, 0.2) is 0 Å². The molecule has 0 aliphatic carbocycles. The first kappa shape index (κ1) is 17.8. The van der Waals surface area contributed by atoms with Crippen LogP contribution in [0.5, 0.6) is 0 Å². The predicted octanol–water partition coefficient (Wildman–Crippen LogP) is 2.18. The van der Waals surface area contributed by atoms with E-state index in [1.54, 1.807) is 9.80 Å². The molecule has 1 N–H and O–H groups in total. The minimum atomic E-state index is -1.02. The van der Waals surface area contributed by atoms with Gasteiger partial charge in [-0.1, -0.05) is 13.3 Å². The van der Waals surface area contributed by atoms with Gasteiger partial charge in [0.2, 0.25) is 0 Å². The second-order valence-electron chi connectivity index (χ2n) is 5.40. The predicted molar refractivity (Wildman–Crippen MR) is 80.4 cm³/mol. The van der Waals surface area contributed by atoms with Crippen LogP contribution in [-0.2, 0) is 9.53 Å². The summed E-state index contributed by atoms with van der Waals surface area (Å²) >= 11 is 0. The lowest BCUT2D eigenvalue weighted by atomic mass is 9.91. The second kappa shape index (κ2) is 8.22. The summed E-state index contributed by atoms with van der Waals surface area (Å²) in [5.74, 6) is -0.879. The lowest BCUT2D eigenvalue weighted by molar-refractivity contribution is -0.148. The summed E-state index contributed by atoms with van der Waals surface area (Å²) in [7, 11) is 0. The van der Waals surface area contributed by atoms with Crippen molar-refractivity contribution in [2.45, 2.75) is 52.0 Å².